The lowest BCUT2D eigenvalue weighted by Crippen LogP contribution is -2.78. The van der Waals surface area contributed by atoms with E-state index < -0.39 is 5.72 Å². The predicted molar refractivity (Wildman–Crippen MR) is 69.5 cm³/mol. The van der Waals surface area contributed by atoms with Gasteiger partial charge in [0.25, 0.3) is 5.91 Å². The Hall–Kier alpha value is -0.520. The van der Waals surface area contributed by atoms with Gasteiger partial charge < -0.3 is 4.74 Å². The third-order valence-corrected chi connectivity index (χ3v) is 4.52. The summed E-state index contributed by atoms with van der Waals surface area (Å²) in [7, 11) is 1.61. The van der Waals surface area contributed by atoms with Crippen LogP contribution in [0.4, 0.5) is 0 Å². The molecule has 1 amide bonds. The topological polar surface area (TPSA) is 41.6 Å². The molecule has 0 aromatic heterocycles. The maximum atomic E-state index is 12.1. The molecule has 1 unspecified atom stereocenters. The van der Waals surface area contributed by atoms with Crippen LogP contribution in [0.25, 0.3) is 0 Å². The molecule has 2 aliphatic heterocycles. The standard InChI is InChI=1S/C12H20N2O2S/c1-3-4-5-7-13-12(16-2)10(15)14-8-6-9-17-11(12)14/h6,8,11,13H,3-5,7,9H2,1-2H3/t11-,12?/m0/s1. The van der Waals surface area contributed by atoms with E-state index in [1.165, 1.54) is 12.8 Å². The molecule has 2 atom stereocenters. The Morgan fingerprint density at radius 2 is 2.47 bits per heavy atom. The molecule has 96 valence electrons. The minimum Gasteiger partial charge on any atom is -0.352 e. The maximum absolute atomic E-state index is 12.1. The SMILES string of the molecule is CCCCCNC1(OC)C(=O)N2C=CCS[C@H]21. The van der Waals surface area contributed by atoms with Gasteiger partial charge in [-0.15, -0.1) is 11.8 Å². The number of nitrogens with one attached hydrogen (secondary N) is 1. The van der Waals surface area contributed by atoms with E-state index in [0.717, 1.165) is 18.7 Å². The van der Waals surface area contributed by atoms with Crippen LogP contribution in [0.1, 0.15) is 26.2 Å². The van der Waals surface area contributed by atoms with Crippen LogP contribution in [-0.4, -0.2) is 41.3 Å². The first kappa shape index (κ1) is 12.9. The van der Waals surface area contributed by atoms with Gasteiger partial charge in [0.2, 0.25) is 5.72 Å². The average molecular weight is 256 g/mol. The van der Waals surface area contributed by atoms with Crippen LogP contribution in [0.15, 0.2) is 12.3 Å². The van der Waals surface area contributed by atoms with E-state index >= 15 is 0 Å². The number of hydrogen-bond donors (Lipinski definition) is 1. The first-order chi connectivity index (χ1) is 8.26. The molecule has 5 heteroatoms. The van der Waals surface area contributed by atoms with Crippen LogP contribution in [0, 0.1) is 0 Å². The van der Waals surface area contributed by atoms with Gasteiger partial charge in [-0.3, -0.25) is 15.0 Å². The van der Waals surface area contributed by atoms with Gasteiger partial charge in [-0.1, -0.05) is 25.8 Å². The van der Waals surface area contributed by atoms with Crippen LogP contribution in [-0.2, 0) is 9.53 Å². The Bertz CT molecular complexity index is 322. The molecule has 1 fully saturated rings. The van der Waals surface area contributed by atoms with E-state index in [1.807, 2.05) is 12.3 Å². The molecule has 0 radical (unpaired) electrons. The molecular formula is C12H20N2O2S. The average Bonchev–Trinajstić information content (AvgIpc) is 2.38. The molecule has 0 aromatic rings. The highest BCUT2D eigenvalue weighted by Crippen LogP contribution is 2.41. The van der Waals surface area contributed by atoms with Crippen molar-refractivity contribution in [3.05, 3.63) is 12.3 Å². The summed E-state index contributed by atoms with van der Waals surface area (Å²) >= 11 is 1.74. The lowest BCUT2D eigenvalue weighted by Gasteiger charge is -2.54. The van der Waals surface area contributed by atoms with Gasteiger partial charge in [-0.05, 0) is 13.0 Å². The number of methoxy groups -OCH3 is 1. The first-order valence-electron chi connectivity index (χ1n) is 6.17. The van der Waals surface area contributed by atoms with Gasteiger partial charge in [0.15, 0.2) is 0 Å². The largest absolute Gasteiger partial charge is 0.352 e. The van der Waals surface area contributed by atoms with Gasteiger partial charge in [0, 0.05) is 19.1 Å². The van der Waals surface area contributed by atoms with Crippen LogP contribution in [0.5, 0.6) is 0 Å². The van der Waals surface area contributed by atoms with Gasteiger partial charge in [-0.2, -0.15) is 0 Å². The number of unbranched alkanes of at least 4 members (excludes halogenated alkanes) is 2. The van der Waals surface area contributed by atoms with Crippen molar-refractivity contribution in [1.29, 1.82) is 0 Å². The molecule has 2 rings (SSSR count). The van der Waals surface area contributed by atoms with Gasteiger partial charge in [0.05, 0.1) is 0 Å². The summed E-state index contributed by atoms with van der Waals surface area (Å²) < 4.78 is 5.48. The number of amides is 1. The van der Waals surface area contributed by atoms with Crippen molar-refractivity contribution in [2.45, 2.75) is 37.3 Å². The molecule has 0 bridgehead atoms. The third-order valence-electron chi connectivity index (χ3n) is 3.26. The highest BCUT2D eigenvalue weighted by Gasteiger charge is 2.61. The molecule has 0 spiro atoms. The molecule has 2 aliphatic rings. The van der Waals surface area contributed by atoms with Crippen molar-refractivity contribution in [3.8, 4) is 0 Å². The summed E-state index contributed by atoms with van der Waals surface area (Å²) in [5.41, 5.74) is -0.789. The van der Waals surface area contributed by atoms with E-state index in [4.69, 9.17) is 4.74 Å². The molecule has 0 aliphatic carbocycles. The highest BCUT2D eigenvalue weighted by molar-refractivity contribution is 8.00. The Morgan fingerprint density at radius 3 is 3.18 bits per heavy atom. The number of thioether (sulfide) groups is 1. The summed E-state index contributed by atoms with van der Waals surface area (Å²) in [5.74, 6) is 0.973. The first-order valence-corrected chi connectivity index (χ1v) is 7.22. The molecule has 0 saturated carbocycles. The zero-order chi connectivity index (χ0) is 12.3. The number of fused-ring (bicyclic) bond motifs is 1. The molecule has 2 heterocycles. The highest BCUT2D eigenvalue weighted by atomic mass is 32.2. The second-order valence-corrected chi connectivity index (χ2v) is 5.47. The van der Waals surface area contributed by atoms with Gasteiger partial charge >= 0.3 is 0 Å². The molecule has 1 saturated heterocycles. The van der Waals surface area contributed by atoms with E-state index in [9.17, 15) is 4.79 Å². The summed E-state index contributed by atoms with van der Waals surface area (Å²) in [6.45, 7) is 3.01. The van der Waals surface area contributed by atoms with E-state index in [0.29, 0.717) is 0 Å². The normalized spacial score (nSPS) is 31.3. The number of carbonyl (C=O) groups is 1. The quantitative estimate of drug-likeness (QED) is 0.445. The van der Waals surface area contributed by atoms with Crippen LogP contribution in [0.2, 0.25) is 0 Å². The van der Waals surface area contributed by atoms with Crippen LogP contribution >= 0.6 is 11.8 Å². The number of nitrogens with zero attached hydrogens (tertiary/aromatic N) is 1. The number of carbonyl (C=O) groups excluding carboxylic acids is 1. The predicted octanol–water partition coefficient (Wildman–Crippen LogP) is 1.54. The zero-order valence-corrected chi connectivity index (χ0v) is 11.3. The lowest BCUT2D eigenvalue weighted by molar-refractivity contribution is -0.187. The van der Waals surface area contributed by atoms with Crippen LogP contribution in [0.3, 0.4) is 0 Å². The molecular weight excluding hydrogens is 236 g/mol. The Labute approximate surface area is 107 Å². The number of β-lactam (4-membered cyclic amide) rings is 1. The summed E-state index contributed by atoms with van der Waals surface area (Å²) in [6, 6.07) is 0. The Morgan fingerprint density at radius 1 is 1.65 bits per heavy atom. The van der Waals surface area contributed by atoms with Crippen molar-refractivity contribution >= 4 is 17.7 Å². The number of ether oxygens (including phenoxy) is 1. The van der Waals surface area contributed by atoms with Gasteiger partial charge in [0.1, 0.15) is 5.37 Å². The van der Waals surface area contributed by atoms with Crippen molar-refractivity contribution < 1.29 is 9.53 Å². The number of rotatable bonds is 6. The monoisotopic (exact) mass is 256 g/mol. The lowest BCUT2D eigenvalue weighted by atomic mass is 10.0. The second-order valence-electron chi connectivity index (χ2n) is 4.36. The van der Waals surface area contributed by atoms with E-state index in [-0.39, 0.29) is 11.3 Å². The fraction of sp³-hybridized carbons (Fsp3) is 0.750. The van der Waals surface area contributed by atoms with Crippen molar-refractivity contribution in [2.24, 2.45) is 0 Å². The van der Waals surface area contributed by atoms with Crippen LogP contribution < -0.4 is 5.32 Å². The minimum atomic E-state index is -0.789. The second kappa shape index (κ2) is 5.42. The molecule has 17 heavy (non-hydrogen) atoms. The molecule has 4 nitrogen and oxygen atoms in total. The van der Waals surface area contributed by atoms with Crippen molar-refractivity contribution in [3.63, 3.8) is 0 Å². The number of hydrogen-bond acceptors (Lipinski definition) is 4. The minimum absolute atomic E-state index is 0.0324. The summed E-state index contributed by atoms with van der Waals surface area (Å²) in [5, 5.41) is 3.39. The molecule has 0 aromatic carbocycles. The van der Waals surface area contributed by atoms with Gasteiger partial charge in [-0.25, -0.2) is 0 Å². The smallest absolute Gasteiger partial charge is 0.278 e. The zero-order valence-electron chi connectivity index (χ0n) is 10.4. The Kier molecular flexibility index (Phi) is 4.12. The van der Waals surface area contributed by atoms with Crippen molar-refractivity contribution in [1.82, 2.24) is 10.2 Å². The third kappa shape index (κ3) is 2.11. The van der Waals surface area contributed by atoms with E-state index in [1.54, 1.807) is 23.8 Å². The van der Waals surface area contributed by atoms with Crippen molar-refractivity contribution in [2.75, 3.05) is 19.4 Å². The summed E-state index contributed by atoms with van der Waals surface area (Å²) in [6.07, 6.45) is 7.33. The van der Waals surface area contributed by atoms with E-state index in [2.05, 4.69) is 12.2 Å². The summed E-state index contributed by atoms with van der Waals surface area (Å²) in [4.78, 5) is 13.8. The fourth-order valence-electron chi connectivity index (χ4n) is 2.25. The maximum Gasteiger partial charge on any atom is 0.278 e. The fourth-order valence-corrected chi connectivity index (χ4v) is 3.47. The Balaban J connectivity index is 1.95. The molecule has 1 N–H and O–H groups in total.